The molecular formula is C10H15N3O3. The summed E-state index contributed by atoms with van der Waals surface area (Å²) in [6.07, 6.45) is 3.44. The van der Waals surface area contributed by atoms with E-state index in [0.29, 0.717) is 6.54 Å². The summed E-state index contributed by atoms with van der Waals surface area (Å²) in [6, 6.07) is 0. The molecule has 0 amide bonds. The molecule has 2 heterocycles. The number of nitrogens with zero attached hydrogens (tertiary/aromatic N) is 1. The van der Waals surface area contributed by atoms with Gasteiger partial charge in [-0.3, -0.25) is 19.7 Å². The first-order valence-corrected chi connectivity index (χ1v) is 5.43. The number of piperidine rings is 1. The Balaban J connectivity index is 2.20. The standard InChI is InChI=1S/C10H15N3O3/c14-8-7(9(15)12-10(16)11-8)6-13-4-2-1-3-5-13/h1-6H2,(H3,11,12,14,15,16). The molecule has 1 aromatic heterocycles. The fourth-order valence-corrected chi connectivity index (χ4v) is 1.99. The molecule has 0 unspecified atom stereocenters. The number of nitrogens with one attached hydrogen (secondary N) is 2. The average Bonchev–Trinajstić information content (AvgIpc) is 2.25. The van der Waals surface area contributed by atoms with Gasteiger partial charge in [-0.05, 0) is 25.9 Å². The zero-order chi connectivity index (χ0) is 11.5. The molecule has 1 aromatic rings. The van der Waals surface area contributed by atoms with Gasteiger partial charge in [-0.1, -0.05) is 6.42 Å². The van der Waals surface area contributed by atoms with Crippen LogP contribution in [-0.4, -0.2) is 33.1 Å². The van der Waals surface area contributed by atoms with Crippen molar-refractivity contribution in [2.24, 2.45) is 0 Å². The fraction of sp³-hybridized carbons (Fsp3) is 0.600. The molecule has 0 atom stereocenters. The van der Waals surface area contributed by atoms with Crippen LogP contribution in [0.2, 0.25) is 0 Å². The number of rotatable bonds is 2. The van der Waals surface area contributed by atoms with E-state index in [-0.39, 0.29) is 11.4 Å². The molecule has 6 heteroatoms. The van der Waals surface area contributed by atoms with Crippen molar-refractivity contribution < 1.29 is 5.11 Å². The van der Waals surface area contributed by atoms with Crippen LogP contribution in [0.3, 0.4) is 0 Å². The monoisotopic (exact) mass is 225 g/mol. The van der Waals surface area contributed by atoms with E-state index in [1.807, 2.05) is 0 Å². The Labute approximate surface area is 91.9 Å². The highest BCUT2D eigenvalue weighted by molar-refractivity contribution is 5.20. The van der Waals surface area contributed by atoms with Gasteiger partial charge in [0, 0.05) is 6.54 Å². The summed E-state index contributed by atoms with van der Waals surface area (Å²) in [4.78, 5) is 28.7. The molecule has 1 fully saturated rings. The average molecular weight is 225 g/mol. The van der Waals surface area contributed by atoms with E-state index in [1.54, 1.807) is 0 Å². The summed E-state index contributed by atoms with van der Waals surface area (Å²) in [7, 11) is 0. The van der Waals surface area contributed by atoms with Crippen LogP contribution in [0.4, 0.5) is 0 Å². The van der Waals surface area contributed by atoms with Gasteiger partial charge in [0.05, 0.1) is 5.56 Å². The van der Waals surface area contributed by atoms with Gasteiger partial charge in [-0.2, -0.15) is 0 Å². The lowest BCUT2D eigenvalue weighted by Crippen LogP contribution is -2.33. The van der Waals surface area contributed by atoms with E-state index in [1.165, 1.54) is 6.42 Å². The SMILES string of the molecule is O=c1[nH]c(O)c(CN2CCCCC2)c(=O)[nH]1. The predicted octanol–water partition coefficient (Wildman–Crippen LogP) is -0.245. The molecule has 3 N–H and O–H groups in total. The molecule has 0 aliphatic carbocycles. The Hall–Kier alpha value is -1.56. The molecule has 1 aliphatic heterocycles. The minimum atomic E-state index is -0.676. The number of aromatic amines is 2. The van der Waals surface area contributed by atoms with Gasteiger partial charge in [0.25, 0.3) is 5.56 Å². The molecule has 0 aromatic carbocycles. The summed E-state index contributed by atoms with van der Waals surface area (Å²) >= 11 is 0. The third-order valence-corrected chi connectivity index (χ3v) is 2.85. The highest BCUT2D eigenvalue weighted by Crippen LogP contribution is 2.14. The number of aromatic hydroxyl groups is 1. The fourth-order valence-electron chi connectivity index (χ4n) is 1.99. The molecule has 0 saturated carbocycles. The molecule has 1 saturated heterocycles. The Morgan fingerprint density at radius 3 is 2.44 bits per heavy atom. The smallest absolute Gasteiger partial charge is 0.328 e. The van der Waals surface area contributed by atoms with Gasteiger partial charge >= 0.3 is 5.69 Å². The summed E-state index contributed by atoms with van der Waals surface area (Å²) < 4.78 is 0. The lowest BCUT2D eigenvalue weighted by molar-refractivity contribution is 0.217. The van der Waals surface area contributed by atoms with Crippen molar-refractivity contribution in [2.45, 2.75) is 25.8 Å². The van der Waals surface area contributed by atoms with Crippen LogP contribution in [0, 0.1) is 0 Å². The van der Waals surface area contributed by atoms with Gasteiger partial charge in [0.15, 0.2) is 0 Å². The Bertz CT molecular complexity index is 471. The number of likely N-dealkylation sites (tertiary alicyclic amines) is 1. The van der Waals surface area contributed by atoms with E-state index in [9.17, 15) is 14.7 Å². The Morgan fingerprint density at radius 1 is 1.12 bits per heavy atom. The quantitative estimate of drug-likeness (QED) is 0.647. The zero-order valence-electron chi connectivity index (χ0n) is 8.95. The molecule has 16 heavy (non-hydrogen) atoms. The maximum Gasteiger partial charge on any atom is 0.328 e. The molecule has 1 aliphatic rings. The maximum atomic E-state index is 11.5. The van der Waals surface area contributed by atoms with Crippen molar-refractivity contribution in [1.29, 1.82) is 0 Å². The molecule has 0 radical (unpaired) electrons. The second-order valence-corrected chi connectivity index (χ2v) is 4.07. The number of H-pyrrole nitrogens is 2. The molecular weight excluding hydrogens is 210 g/mol. The topological polar surface area (TPSA) is 89.2 Å². The summed E-state index contributed by atoms with van der Waals surface area (Å²) in [5, 5.41) is 9.50. The molecule has 6 nitrogen and oxygen atoms in total. The van der Waals surface area contributed by atoms with Gasteiger partial charge in [0.2, 0.25) is 5.88 Å². The first-order valence-electron chi connectivity index (χ1n) is 5.43. The van der Waals surface area contributed by atoms with Crippen molar-refractivity contribution >= 4 is 0 Å². The van der Waals surface area contributed by atoms with Gasteiger partial charge < -0.3 is 5.11 Å². The highest BCUT2D eigenvalue weighted by atomic mass is 16.3. The Morgan fingerprint density at radius 2 is 1.81 bits per heavy atom. The predicted molar refractivity (Wildman–Crippen MR) is 58.5 cm³/mol. The number of hydrogen-bond donors (Lipinski definition) is 3. The molecule has 88 valence electrons. The largest absolute Gasteiger partial charge is 0.494 e. The van der Waals surface area contributed by atoms with Gasteiger partial charge in [0.1, 0.15) is 0 Å². The van der Waals surface area contributed by atoms with Crippen molar-refractivity contribution in [3.8, 4) is 5.88 Å². The normalized spacial score (nSPS) is 17.5. The van der Waals surface area contributed by atoms with Crippen LogP contribution in [0.1, 0.15) is 24.8 Å². The Kier molecular flexibility index (Phi) is 3.09. The summed E-state index contributed by atoms with van der Waals surface area (Å²) in [5.74, 6) is -0.320. The second-order valence-electron chi connectivity index (χ2n) is 4.07. The third-order valence-electron chi connectivity index (χ3n) is 2.85. The number of hydrogen-bond acceptors (Lipinski definition) is 4. The lowest BCUT2D eigenvalue weighted by Gasteiger charge is -2.25. The third kappa shape index (κ3) is 2.33. The second kappa shape index (κ2) is 4.52. The minimum absolute atomic E-state index is 0.238. The first-order chi connectivity index (χ1) is 7.66. The molecule has 0 bridgehead atoms. The van der Waals surface area contributed by atoms with E-state index < -0.39 is 11.2 Å². The molecule has 0 spiro atoms. The van der Waals surface area contributed by atoms with E-state index in [4.69, 9.17) is 0 Å². The van der Waals surface area contributed by atoms with Crippen molar-refractivity contribution in [2.75, 3.05) is 13.1 Å². The maximum absolute atomic E-state index is 11.5. The van der Waals surface area contributed by atoms with Crippen LogP contribution < -0.4 is 11.2 Å². The van der Waals surface area contributed by atoms with Crippen molar-refractivity contribution in [3.05, 3.63) is 26.4 Å². The molecule has 2 rings (SSSR count). The van der Waals surface area contributed by atoms with Crippen LogP contribution in [0.15, 0.2) is 9.59 Å². The zero-order valence-corrected chi connectivity index (χ0v) is 8.95. The van der Waals surface area contributed by atoms with Crippen LogP contribution in [-0.2, 0) is 6.54 Å². The minimum Gasteiger partial charge on any atom is -0.494 e. The van der Waals surface area contributed by atoms with E-state index in [0.717, 1.165) is 25.9 Å². The highest BCUT2D eigenvalue weighted by Gasteiger charge is 2.15. The van der Waals surface area contributed by atoms with E-state index in [2.05, 4.69) is 14.9 Å². The van der Waals surface area contributed by atoms with Crippen molar-refractivity contribution in [1.82, 2.24) is 14.9 Å². The van der Waals surface area contributed by atoms with E-state index >= 15 is 0 Å². The summed E-state index contributed by atoms with van der Waals surface area (Å²) in [5.41, 5.74) is -0.946. The summed E-state index contributed by atoms with van der Waals surface area (Å²) in [6.45, 7) is 2.24. The van der Waals surface area contributed by atoms with Crippen LogP contribution in [0.25, 0.3) is 0 Å². The first kappa shape index (κ1) is 10.9. The van der Waals surface area contributed by atoms with Gasteiger partial charge in [-0.25, -0.2) is 4.79 Å². The van der Waals surface area contributed by atoms with Crippen LogP contribution >= 0.6 is 0 Å². The van der Waals surface area contributed by atoms with Crippen molar-refractivity contribution in [3.63, 3.8) is 0 Å². The van der Waals surface area contributed by atoms with Gasteiger partial charge in [-0.15, -0.1) is 0 Å². The lowest BCUT2D eigenvalue weighted by atomic mass is 10.1. The van der Waals surface area contributed by atoms with Crippen LogP contribution in [0.5, 0.6) is 5.88 Å². The number of aromatic nitrogens is 2.